The molecule has 0 aliphatic carbocycles. The summed E-state index contributed by atoms with van der Waals surface area (Å²) < 4.78 is 26.0. The van der Waals surface area contributed by atoms with Crippen molar-refractivity contribution in [2.45, 2.75) is 31.2 Å². The van der Waals surface area contributed by atoms with Crippen LogP contribution < -0.4 is 4.72 Å². The van der Waals surface area contributed by atoms with E-state index in [0.717, 1.165) is 0 Å². The Labute approximate surface area is 85.2 Å². The largest absolute Gasteiger partial charge is 0.241 e. The summed E-state index contributed by atoms with van der Waals surface area (Å²) in [6.07, 6.45) is 0. The molecule has 0 saturated carbocycles. The maximum absolute atomic E-state index is 11.7. The Hall–Kier alpha value is -0.870. The molecule has 1 radical (unpaired) electrons. The van der Waals surface area contributed by atoms with Crippen LogP contribution in [0.2, 0.25) is 0 Å². The summed E-state index contributed by atoms with van der Waals surface area (Å²) in [6.45, 7) is 5.41. The Morgan fingerprint density at radius 1 is 1.36 bits per heavy atom. The Kier molecular flexibility index (Phi) is 2.97. The number of benzene rings is 1. The Morgan fingerprint density at radius 2 is 2.00 bits per heavy atom. The quantitative estimate of drug-likeness (QED) is 0.808. The van der Waals surface area contributed by atoms with Crippen LogP contribution in [0.4, 0.5) is 0 Å². The third-order valence-corrected chi connectivity index (χ3v) is 3.19. The average Bonchev–Trinajstić information content (AvgIpc) is 2.01. The highest BCUT2D eigenvalue weighted by Gasteiger charge is 2.21. The zero-order valence-electron chi connectivity index (χ0n) is 8.53. The standard InChI is InChI=1S/C10H14NO2S/c1-10(2,3)11-14(12,13)9-7-5-4-6-8-9/h4-5,7-8,11H,1-3H3. The van der Waals surface area contributed by atoms with E-state index in [4.69, 9.17) is 0 Å². The molecule has 1 rings (SSSR count). The molecule has 0 aromatic heterocycles. The molecule has 0 unspecified atom stereocenters. The topological polar surface area (TPSA) is 46.2 Å². The van der Waals surface area contributed by atoms with Crippen LogP contribution >= 0.6 is 0 Å². The van der Waals surface area contributed by atoms with Gasteiger partial charge in [-0.1, -0.05) is 12.1 Å². The van der Waals surface area contributed by atoms with E-state index in [1.165, 1.54) is 6.07 Å². The van der Waals surface area contributed by atoms with Gasteiger partial charge in [-0.3, -0.25) is 0 Å². The molecule has 14 heavy (non-hydrogen) atoms. The molecule has 1 aromatic rings. The van der Waals surface area contributed by atoms with Gasteiger partial charge in [0.2, 0.25) is 10.0 Å². The lowest BCUT2D eigenvalue weighted by Gasteiger charge is -2.20. The van der Waals surface area contributed by atoms with Gasteiger partial charge in [-0.05, 0) is 39.0 Å². The maximum atomic E-state index is 11.7. The fraction of sp³-hybridized carbons (Fsp3) is 0.400. The SMILES string of the molecule is CC(C)(C)NS(=O)(=O)c1c[c]ccc1. The Morgan fingerprint density at radius 3 is 2.43 bits per heavy atom. The average molecular weight is 212 g/mol. The van der Waals surface area contributed by atoms with Crippen molar-refractivity contribution in [1.82, 2.24) is 4.72 Å². The van der Waals surface area contributed by atoms with Gasteiger partial charge < -0.3 is 0 Å². The molecular formula is C10H14NO2S. The molecule has 1 N–H and O–H groups in total. The van der Waals surface area contributed by atoms with Gasteiger partial charge in [0.05, 0.1) is 4.90 Å². The van der Waals surface area contributed by atoms with Crippen molar-refractivity contribution in [1.29, 1.82) is 0 Å². The molecule has 0 aliphatic rings. The van der Waals surface area contributed by atoms with Crippen LogP contribution in [0, 0.1) is 6.07 Å². The third-order valence-electron chi connectivity index (χ3n) is 1.43. The predicted octanol–water partition coefficient (Wildman–Crippen LogP) is 1.56. The molecule has 77 valence electrons. The minimum absolute atomic E-state index is 0.245. The zero-order valence-corrected chi connectivity index (χ0v) is 9.35. The van der Waals surface area contributed by atoms with Crippen molar-refractivity contribution in [3.05, 3.63) is 30.3 Å². The van der Waals surface area contributed by atoms with E-state index in [1.54, 1.807) is 39.0 Å². The zero-order chi connectivity index (χ0) is 10.8. The van der Waals surface area contributed by atoms with Crippen LogP contribution in [0.15, 0.2) is 29.2 Å². The van der Waals surface area contributed by atoms with Crippen LogP contribution in [0.1, 0.15) is 20.8 Å². The Bertz CT molecular complexity index is 390. The van der Waals surface area contributed by atoms with E-state index in [-0.39, 0.29) is 4.90 Å². The van der Waals surface area contributed by atoms with Gasteiger partial charge in [0, 0.05) is 5.54 Å². The van der Waals surface area contributed by atoms with Crippen molar-refractivity contribution in [3.8, 4) is 0 Å². The van der Waals surface area contributed by atoms with Gasteiger partial charge >= 0.3 is 0 Å². The van der Waals surface area contributed by atoms with E-state index in [9.17, 15) is 8.42 Å². The first-order chi connectivity index (χ1) is 6.31. The Balaban J connectivity index is 2.99. The number of sulfonamides is 1. The number of hydrogen-bond donors (Lipinski definition) is 1. The molecule has 1 aromatic carbocycles. The summed E-state index contributed by atoms with van der Waals surface area (Å²) in [5.74, 6) is 0. The van der Waals surface area contributed by atoms with Gasteiger partial charge in [-0.25, -0.2) is 13.1 Å². The smallest absolute Gasteiger partial charge is 0.207 e. The van der Waals surface area contributed by atoms with Crippen molar-refractivity contribution in [2.24, 2.45) is 0 Å². The molecule has 3 nitrogen and oxygen atoms in total. The molecule has 4 heteroatoms. The first-order valence-corrected chi connectivity index (χ1v) is 5.80. The molecule has 0 bridgehead atoms. The molecule has 0 saturated heterocycles. The predicted molar refractivity (Wildman–Crippen MR) is 55.4 cm³/mol. The third kappa shape index (κ3) is 3.12. The monoisotopic (exact) mass is 212 g/mol. The highest BCUT2D eigenvalue weighted by Crippen LogP contribution is 2.11. The normalized spacial score (nSPS) is 12.8. The fourth-order valence-corrected chi connectivity index (χ4v) is 2.41. The van der Waals surface area contributed by atoms with Crippen molar-refractivity contribution < 1.29 is 8.42 Å². The van der Waals surface area contributed by atoms with Gasteiger partial charge in [-0.15, -0.1) is 0 Å². The highest BCUT2D eigenvalue weighted by atomic mass is 32.2. The highest BCUT2D eigenvalue weighted by molar-refractivity contribution is 7.89. The van der Waals surface area contributed by atoms with Gasteiger partial charge in [0.1, 0.15) is 0 Å². The molecule has 0 fully saturated rings. The molecule has 0 heterocycles. The van der Waals surface area contributed by atoms with Crippen LogP contribution in [0.25, 0.3) is 0 Å². The second-order valence-electron chi connectivity index (χ2n) is 4.09. The number of hydrogen-bond acceptors (Lipinski definition) is 2. The molecule has 0 aliphatic heterocycles. The summed E-state index contributed by atoms with van der Waals surface area (Å²) in [5, 5.41) is 0. The van der Waals surface area contributed by atoms with Gasteiger partial charge in [0.15, 0.2) is 0 Å². The molecule has 0 spiro atoms. The van der Waals surface area contributed by atoms with Crippen LogP contribution in [0.3, 0.4) is 0 Å². The van der Waals surface area contributed by atoms with E-state index < -0.39 is 15.6 Å². The molecular weight excluding hydrogens is 198 g/mol. The fourth-order valence-electron chi connectivity index (χ4n) is 1.01. The first kappa shape index (κ1) is 11.2. The summed E-state index contributed by atoms with van der Waals surface area (Å²) in [6, 6.07) is 9.05. The summed E-state index contributed by atoms with van der Waals surface area (Å²) in [5.41, 5.74) is -0.464. The van der Waals surface area contributed by atoms with Gasteiger partial charge in [-0.2, -0.15) is 0 Å². The summed E-state index contributed by atoms with van der Waals surface area (Å²) >= 11 is 0. The van der Waals surface area contributed by atoms with Crippen LogP contribution in [-0.4, -0.2) is 14.0 Å². The van der Waals surface area contributed by atoms with E-state index in [0.29, 0.717) is 0 Å². The van der Waals surface area contributed by atoms with Crippen molar-refractivity contribution in [3.63, 3.8) is 0 Å². The minimum atomic E-state index is -3.40. The summed E-state index contributed by atoms with van der Waals surface area (Å²) in [4.78, 5) is 0.245. The van der Waals surface area contributed by atoms with E-state index in [1.807, 2.05) is 0 Å². The van der Waals surface area contributed by atoms with Crippen molar-refractivity contribution >= 4 is 10.0 Å². The lowest BCUT2D eigenvalue weighted by molar-refractivity contribution is 0.491. The minimum Gasteiger partial charge on any atom is -0.207 e. The van der Waals surface area contributed by atoms with Crippen LogP contribution in [-0.2, 0) is 10.0 Å². The lowest BCUT2D eigenvalue weighted by atomic mass is 10.1. The molecule has 0 atom stereocenters. The van der Waals surface area contributed by atoms with Crippen LogP contribution in [0.5, 0.6) is 0 Å². The van der Waals surface area contributed by atoms with E-state index in [2.05, 4.69) is 10.8 Å². The first-order valence-electron chi connectivity index (χ1n) is 4.31. The summed E-state index contributed by atoms with van der Waals surface area (Å²) in [7, 11) is -3.40. The van der Waals surface area contributed by atoms with Crippen molar-refractivity contribution in [2.75, 3.05) is 0 Å². The molecule has 0 amide bonds. The number of rotatable bonds is 2. The van der Waals surface area contributed by atoms with E-state index >= 15 is 0 Å². The number of nitrogens with one attached hydrogen (secondary N) is 1. The van der Waals surface area contributed by atoms with Gasteiger partial charge in [0.25, 0.3) is 0 Å². The second-order valence-corrected chi connectivity index (χ2v) is 5.78. The maximum Gasteiger partial charge on any atom is 0.241 e. The lowest BCUT2D eigenvalue weighted by Crippen LogP contribution is -2.40. The second kappa shape index (κ2) is 3.71.